The first kappa shape index (κ1) is 14.7. The highest BCUT2D eigenvalue weighted by atomic mass is 16.4. The van der Waals surface area contributed by atoms with Crippen LogP contribution >= 0.6 is 0 Å². The zero-order chi connectivity index (χ0) is 17.2. The summed E-state index contributed by atoms with van der Waals surface area (Å²) in [4.78, 5) is 42.6. The van der Waals surface area contributed by atoms with Crippen molar-refractivity contribution in [2.45, 2.75) is 31.8 Å². The molecule has 4 rings (SSSR count). The van der Waals surface area contributed by atoms with E-state index in [2.05, 4.69) is 4.98 Å². The molecule has 0 radical (unpaired) electrons. The first-order valence-electron chi connectivity index (χ1n) is 7.85. The first-order chi connectivity index (χ1) is 11.4. The maximum absolute atomic E-state index is 13.0. The van der Waals surface area contributed by atoms with Crippen LogP contribution in [-0.4, -0.2) is 50.4 Å². The minimum absolute atomic E-state index is 0.388. The zero-order valence-corrected chi connectivity index (χ0v) is 13.4. The van der Waals surface area contributed by atoms with E-state index < -0.39 is 29.5 Å². The molecule has 0 saturated carbocycles. The fourth-order valence-electron chi connectivity index (χ4n) is 3.87. The lowest BCUT2D eigenvalue weighted by atomic mass is 9.87. The number of carbonyl (C=O) groups excluding carboxylic acids is 2. The van der Waals surface area contributed by atoms with Gasteiger partial charge in [0.1, 0.15) is 6.04 Å². The number of carboxylic acids is 1. The van der Waals surface area contributed by atoms with Crippen LogP contribution in [0, 0.1) is 0 Å². The van der Waals surface area contributed by atoms with Crippen LogP contribution in [0.4, 0.5) is 4.79 Å². The molecule has 0 spiro atoms. The largest absolute Gasteiger partial charge is 0.480 e. The van der Waals surface area contributed by atoms with Crippen LogP contribution in [0.25, 0.3) is 10.9 Å². The van der Waals surface area contributed by atoms with Crippen LogP contribution in [0.1, 0.15) is 25.1 Å². The van der Waals surface area contributed by atoms with Gasteiger partial charge in [0.2, 0.25) is 0 Å². The second-order valence-electron chi connectivity index (χ2n) is 6.47. The molecule has 0 unspecified atom stereocenters. The Morgan fingerprint density at radius 2 is 2.04 bits per heavy atom. The normalized spacial score (nSPS) is 24.2. The summed E-state index contributed by atoms with van der Waals surface area (Å²) < 4.78 is 0. The molecule has 2 aromatic rings. The Morgan fingerprint density at radius 1 is 1.33 bits per heavy atom. The summed E-state index contributed by atoms with van der Waals surface area (Å²) in [6.07, 6.45) is 0.628. The molecule has 124 valence electrons. The predicted molar refractivity (Wildman–Crippen MR) is 85.4 cm³/mol. The number of aliphatic carboxylic acids is 1. The van der Waals surface area contributed by atoms with Crippen LogP contribution in [0.5, 0.6) is 0 Å². The summed E-state index contributed by atoms with van der Waals surface area (Å²) in [6, 6.07) is 6.03. The van der Waals surface area contributed by atoms with E-state index in [0.717, 1.165) is 21.4 Å². The van der Waals surface area contributed by atoms with Crippen molar-refractivity contribution >= 4 is 28.8 Å². The Balaban J connectivity index is 1.91. The van der Waals surface area contributed by atoms with Gasteiger partial charge in [-0.2, -0.15) is 0 Å². The van der Waals surface area contributed by atoms with Gasteiger partial charge in [0, 0.05) is 17.4 Å². The molecule has 2 aliphatic rings. The summed E-state index contributed by atoms with van der Waals surface area (Å²) >= 11 is 0. The highest BCUT2D eigenvalue weighted by molar-refractivity contribution is 6.10. The smallest absolute Gasteiger partial charge is 0.328 e. The SMILES string of the molecule is C[C@@H](C(=O)O)N1C(=O)N2CCc3c([nH]c4ccccc34)[C@]2(C)C1=O. The van der Waals surface area contributed by atoms with Crippen LogP contribution in [0.2, 0.25) is 0 Å². The van der Waals surface area contributed by atoms with E-state index in [1.165, 1.54) is 11.8 Å². The summed E-state index contributed by atoms with van der Waals surface area (Å²) in [5, 5.41) is 10.3. The zero-order valence-electron chi connectivity index (χ0n) is 13.4. The maximum atomic E-state index is 13.0. The standard InChI is InChI=1S/C17H17N3O4/c1-9(14(21)22)20-15(23)17(2)13-11(7-8-19(17)16(20)24)10-5-3-4-6-12(10)18-13/h3-6,9,18H,7-8H2,1-2H3,(H,21,22)/t9-,17+/m0/s1. The van der Waals surface area contributed by atoms with Crippen LogP contribution < -0.4 is 0 Å². The Hall–Kier alpha value is -2.83. The van der Waals surface area contributed by atoms with E-state index in [1.54, 1.807) is 6.92 Å². The van der Waals surface area contributed by atoms with Gasteiger partial charge < -0.3 is 15.0 Å². The highest BCUT2D eigenvalue weighted by Crippen LogP contribution is 2.44. The lowest BCUT2D eigenvalue weighted by Crippen LogP contribution is -2.49. The molecule has 0 aliphatic carbocycles. The number of carbonyl (C=O) groups is 3. The Labute approximate surface area is 137 Å². The number of carboxylic acid groups (broad SMARTS) is 1. The molecular formula is C17H17N3O4. The molecule has 0 bridgehead atoms. The molecule has 1 aromatic carbocycles. The number of nitrogens with zero attached hydrogens (tertiary/aromatic N) is 2. The monoisotopic (exact) mass is 327 g/mol. The van der Waals surface area contributed by atoms with Crippen molar-refractivity contribution in [3.8, 4) is 0 Å². The molecule has 2 N–H and O–H groups in total. The van der Waals surface area contributed by atoms with Gasteiger partial charge in [-0.1, -0.05) is 18.2 Å². The molecule has 7 heteroatoms. The number of hydrogen-bond acceptors (Lipinski definition) is 3. The van der Waals surface area contributed by atoms with Crippen molar-refractivity contribution in [2.24, 2.45) is 0 Å². The molecule has 1 saturated heterocycles. The second-order valence-corrected chi connectivity index (χ2v) is 6.47. The Bertz CT molecular complexity index is 902. The lowest BCUT2D eigenvalue weighted by molar-refractivity contribution is -0.147. The number of aromatic amines is 1. The van der Waals surface area contributed by atoms with Crippen LogP contribution in [0.3, 0.4) is 0 Å². The fourth-order valence-corrected chi connectivity index (χ4v) is 3.87. The predicted octanol–water partition coefficient (Wildman–Crippen LogP) is 1.68. The van der Waals surface area contributed by atoms with Gasteiger partial charge in [-0.05, 0) is 31.9 Å². The number of imide groups is 1. The molecule has 3 heterocycles. The van der Waals surface area contributed by atoms with Crippen molar-refractivity contribution in [1.29, 1.82) is 0 Å². The number of aromatic nitrogens is 1. The van der Waals surface area contributed by atoms with Gasteiger partial charge >= 0.3 is 12.0 Å². The molecular weight excluding hydrogens is 310 g/mol. The summed E-state index contributed by atoms with van der Waals surface area (Å²) in [7, 11) is 0. The number of benzene rings is 1. The number of urea groups is 1. The number of fused-ring (bicyclic) bond motifs is 5. The molecule has 1 fully saturated rings. The van der Waals surface area contributed by atoms with Crippen molar-refractivity contribution in [3.63, 3.8) is 0 Å². The highest BCUT2D eigenvalue weighted by Gasteiger charge is 2.60. The van der Waals surface area contributed by atoms with E-state index in [9.17, 15) is 19.5 Å². The third-order valence-electron chi connectivity index (χ3n) is 5.24. The third-order valence-corrected chi connectivity index (χ3v) is 5.24. The second kappa shape index (κ2) is 4.59. The van der Waals surface area contributed by atoms with Crippen molar-refractivity contribution in [1.82, 2.24) is 14.8 Å². The Morgan fingerprint density at radius 3 is 2.75 bits per heavy atom. The fraction of sp³-hybridized carbons (Fsp3) is 0.353. The Kier molecular flexibility index (Phi) is 2.82. The first-order valence-corrected chi connectivity index (χ1v) is 7.85. The minimum atomic E-state index is -1.20. The van der Waals surface area contributed by atoms with Crippen molar-refractivity contribution in [3.05, 3.63) is 35.5 Å². The minimum Gasteiger partial charge on any atom is -0.480 e. The molecule has 2 atom stereocenters. The summed E-state index contributed by atoms with van der Waals surface area (Å²) in [6.45, 7) is 3.43. The van der Waals surface area contributed by atoms with Crippen LogP contribution in [0.15, 0.2) is 24.3 Å². The lowest BCUT2D eigenvalue weighted by Gasteiger charge is -2.36. The molecule has 24 heavy (non-hydrogen) atoms. The third kappa shape index (κ3) is 1.59. The van der Waals surface area contributed by atoms with E-state index in [1.807, 2.05) is 24.3 Å². The van der Waals surface area contributed by atoms with Gasteiger partial charge in [0.05, 0.1) is 5.69 Å². The average molecular weight is 327 g/mol. The summed E-state index contributed by atoms with van der Waals surface area (Å²) in [5.41, 5.74) is 1.44. The van der Waals surface area contributed by atoms with Crippen molar-refractivity contribution < 1.29 is 19.5 Å². The average Bonchev–Trinajstić information content (AvgIpc) is 3.02. The van der Waals surface area contributed by atoms with Crippen molar-refractivity contribution in [2.75, 3.05) is 6.54 Å². The van der Waals surface area contributed by atoms with Gasteiger partial charge in [0.15, 0.2) is 5.54 Å². The van der Waals surface area contributed by atoms with Gasteiger partial charge in [-0.25, -0.2) is 14.5 Å². The number of hydrogen-bond donors (Lipinski definition) is 2. The van der Waals surface area contributed by atoms with E-state index in [0.29, 0.717) is 18.7 Å². The number of para-hydroxylation sites is 1. The number of rotatable bonds is 2. The van der Waals surface area contributed by atoms with E-state index in [-0.39, 0.29) is 0 Å². The number of H-pyrrole nitrogens is 1. The van der Waals surface area contributed by atoms with Gasteiger partial charge in [0.25, 0.3) is 5.91 Å². The number of amides is 3. The molecule has 3 amide bonds. The summed E-state index contributed by atoms with van der Waals surface area (Å²) in [5.74, 6) is -1.69. The molecule has 1 aromatic heterocycles. The maximum Gasteiger partial charge on any atom is 0.328 e. The topological polar surface area (TPSA) is 93.7 Å². The molecule has 2 aliphatic heterocycles. The quantitative estimate of drug-likeness (QED) is 0.821. The number of nitrogens with one attached hydrogen (secondary N) is 1. The van der Waals surface area contributed by atoms with Crippen LogP contribution in [-0.2, 0) is 21.5 Å². The molecule has 7 nitrogen and oxygen atoms in total. The van der Waals surface area contributed by atoms with Gasteiger partial charge in [-0.3, -0.25) is 4.79 Å². The van der Waals surface area contributed by atoms with E-state index >= 15 is 0 Å². The van der Waals surface area contributed by atoms with E-state index in [4.69, 9.17) is 0 Å². The van der Waals surface area contributed by atoms with Gasteiger partial charge in [-0.15, -0.1) is 0 Å².